The van der Waals surface area contributed by atoms with Gasteiger partial charge in [0.1, 0.15) is 0 Å². The molecule has 4 aliphatic carbocycles. The molecule has 0 spiro atoms. The largest absolute Gasteiger partial charge is 0.359 e. The minimum Gasteiger partial charge on any atom is -0.359 e. The molecule has 2 atom stereocenters. The SMILES string of the molecule is CC1(C)C2CC=C(C=NNC(=S)NC3CCCCC3)C1C2. The lowest BCUT2D eigenvalue weighted by Crippen LogP contribution is -2.48. The monoisotopic (exact) mass is 305 g/mol. The summed E-state index contributed by atoms with van der Waals surface area (Å²) in [6.07, 6.45) is 13.3. The van der Waals surface area contributed by atoms with E-state index in [1.807, 2.05) is 6.21 Å². The van der Waals surface area contributed by atoms with E-state index >= 15 is 0 Å². The summed E-state index contributed by atoms with van der Waals surface area (Å²) in [7, 11) is 0. The molecule has 4 heteroatoms. The predicted molar refractivity (Wildman–Crippen MR) is 92.3 cm³/mol. The number of rotatable bonds is 3. The summed E-state index contributed by atoms with van der Waals surface area (Å²) in [6, 6.07) is 0.536. The zero-order valence-electron chi connectivity index (χ0n) is 13.2. The van der Waals surface area contributed by atoms with E-state index < -0.39 is 0 Å². The second kappa shape index (κ2) is 6.07. The van der Waals surface area contributed by atoms with Crippen molar-refractivity contribution in [1.29, 1.82) is 0 Å². The van der Waals surface area contributed by atoms with Gasteiger partial charge in [0, 0.05) is 6.04 Å². The first-order chi connectivity index (χ1) is 10.1. The number of nitrogens with zero attached hydrogens (tertiary/aromatic N) is 1. The van der Waals surface area contributed by atoms with Crippen molar-refractivity contribution >= 4 is 23.5 Å². The van der Waals surface area contributed by atoms with Gasteiger partial charge in [-0.15, -0.1) is 0 Å². The minimum atomic E-state index is 0.455. The van der Waals surface area contributed by atoms with Crippen LogP contribution >= 0.6 is 12.2 Å². The van der Waals surface area contributed by atoms with Gasteiger partial charge < -0.3 is 5.32 Å². The molecule has 116 valence electrons. The molecule has 3 nitrogen and oxygen atoms in total. The van der Waals surface area contributed by atoms with Gasteiger partial charge in [0.15, 0.2) is 5.11 Å². The Hall–Kier alpha value is -0.900. The van der Waals surface area contributed by atoms with Crippen LogP contribution in [-0.4, -0.2) is 17.4 Å². The van der Waals surface area contributed by atoms with E-state index in [9.17, 15) is 0 Å². The average Bonchev–Trinajstić information content (AvgIpc) is 2.48. The molecule has 21 heavy (non-hydrogen) atoms. The van der Waals surface area contributed by atoms with Crippen LogP contribution in [0.3, 0.4) is 0 Å². The van der Waals surface area contributed by atoms with Crippen LogP contribution in [0.2, 0.25) is 0 Å². The van der Waals surface area contributed by atoms with Crippen molar-refractivity contribution in [3.8, 4) is 0 Å². The zero-order chi connectivity index (χ0) is 14.9. The van der Waals surface area contributed by atoms with E-state index in [0.717, 1.165) is 5.92 Å². The van der Waals surface area contributed by atoms with E-state index in [4.69, 9.17) is 12.2 Å². The molecule has 4 rings (SSSR count). The number of fused-ring (bicyclic) bond motifs is 1. The fourth-order valence-corrected chi connectivity index (χ4v) is 4.39. The van der Waals surface area contributed by atoms with E-state index in [1.54, 1.807) is 0 Å². The van der Waals surface area contributed by atoms with Gasteiger partial charge in [-0.3, -0.25) is 5.43 Å². The summed E-state index contributed by atoms with van der Waals surface area (Å²) < 4.78 is 0. The van der Waals surface area contributed by atoms with Crippen molar-refractivity contribution in [1.82, 2.24) is 10.7 Å². The molecule has 2 N–H and O–H groups in total. The van der Waals surface area contributed by atoms with E-state index in [0.29, 0.717) is 22.5 Å². The van der Waals surface area contributed by atoms with E-state index in [2.05, 4.69) is 35.8 Å². The Kier molecular flexibility index (Phi) is 4.34. The molecule has 0 aromatic heterocycles. The first-order valence-corrected chi connectivity index (χ1v) is 8.78. The fraction of sp³-hybridized carbons (Fsp3) is 0.765. The second-order valence-electron chi connectivity index (χ2n) is 7.42. The molecule has 0 saturated heterocycles. The van der Waals surface area contributed by atoms with E-state index in [-0.39, 0.29) is 0 Å². The third kappa shape index (κ3) is 3.15. The van der Waals surface area contributed by atoms with Gasteiger partial charge in [-0.2, -0.15) is 5.10 Å². The maximum Gasteiger partial charge on any atom is 0.187 e. The molecule has 0 amide bonds. The Bertz CT molecular complexity index is 461. The van der Waals surface area contributed by atoms with Crippen LogP contribution < -0.4 is 10.7 Å². The van der Waals surface area contributed by atoms with Crippen LogP contribution in [0.4, 0.5) is 0 Å². The first kappa shape index (κ1) is 15.0. The average molecular weight is 305 g/mol. The van der Waals surface area contributed by atoms with Gasteiger partial charge in [-0.05, 0) is 60.7 Å². The lowest BCUT2D eigenvalue weighted by Gasteiger charge is -2.55. The maximum atomic E-state index is 5.33. The number of hydrogen-bond donors (Lipinski definition) is 2. The van der Waals surface area contributed by atoms with Gasteiger partial charge in [0.05, 0.1) is 6.21 Å². The molecule has 2 unspecified atom stereocenters. The van der Waals surface area contributed by atoms with Crippen LogP contribution in [0, 0.1) is 17.3 Å². The number of hydrogen-bond acceptors (Lipinski definition) is 2. The maximum absolute atomic E-state index is 5.33. The van der Waals surface area contributed by atoms with Crippen molar-refractivity contribution in [3.05, 3.63) is 11.6 Å². The lowest BCUT2D eigenvalue weighted by molar-refractivity contribution is -0.00126. The Morgan fingerprint density at radius 2 is 2.10 bits per heavy atom. The molecular formula is C17H27N3S. The highest BCUT2D eigenvalue weighted by Crippen LogP contribution is 2.58. The summed E-state index contributed by atoms with van der Waals surface area (Å²) in [5.74, 6) is 1.56. The summed E-state index contributed by atoms with van der Waals surface area (Å²) in [6.45, 7) is 4.77. The van der Waals surface area contributed by atoms with Crippen LogP contribution in [0.5, 0.6) is 0 Å². The van der Waals surface area contributed by atoms with Crippen LogP contribution in [0.25, 0.3) is 0 Å². The molecule has 4 aliphatic rings. The van der Waals surface area contributed by atoms with Gasteiger partial charge in [0.2, 0.25) is 0 Å². The van der Waals surface area contributed by atoms with Crippen molar-refractivity contribution in [2.24, 2.45) is 22.4 Å². The molecule has 0 aromatic rings. The standard InChI is InChI=1S/C17H27N3S/c1-17(2)13-9-8-12(15(17)10-13)11-18-20-16(21)19-14-6-4-3-5-7-14/h8,11,13-15H,3-7,9-10H2,1-2H3,(H2,19,20,21). The molecule has 2 saturated carbocycles. The van der Waals surface area contributed by atoms with Crippen molar-refractivity contribution < 1.29 is 0 Å². The number of hydrazone groups is 1. The summed E-state index contributed by atoms with van der Waals surface area (Å²) in [5.41, 5.74) is 4.83. The summed E-state index contributed by atoms with van der Waals surface area (Å²) >= 11 is 5.33. The van der Waals surface area contributed by atoms with Gasteiger partial charge >= 0.3 is 0 Å². The normalized spacial score (nSPS) is 31.4. The summed E-state index contributed by atoms with van der Waals surface area (Å²) in [5, 5.41) is 8.40. The molecule has 0 aliphatic heterocycles. The third-order valence-electron chi connectivity index (χ3n) is 5.83. The molecule has 2 bridgehead atoms. The Balaban J connectivity index is 1.46. The molecule has 0 heterocycles. The Morgan fingerprint density at radius 1 is 1.33 bits per heavy atom. The van der Waals surface area contributed by atoms with Crippen molar-refractivity contribution in [3.63, 3.8) is 0 Å². The molecular weight excluding hydrogens is 278 g/mol. The zero-order valence-corrected chi connectivity index (χ0v) is 14.0. The number of nitrogens with one attached hydrogen (secondary N) is 2. The molecule has 0 aromatic carbocycles. The molecule has 0 radical (unpaired) electrons. The highest BCUT2D eigenvalue weighted by atomic mass is 32.1. The van der Waals surface area contributed by atoms with E-state index in [1.165, 1.54) is 50.5 Å². The highest BCUT2D eigenvalue weighted by Gasteiger charge is 2.50. The Morgan fingerprint density at radius 3 is 2.76 bits per heavy atom. The van der Waals surface area contributed by atoms with Crippen LogP contribution in [0.15, 0.2) is 16.8 Å². The van der Waals surface area contributed by atoms with Crippen LogP contribution in [-0.2, 0) is 0 Å². The number of thiocarbonyl (C=S) groups is 1. The van der Waals surface area contributed by atoms with Crippen LogP contribution in [0.1, 0.15) is 58.8 Å². The predicted octanol–water partition coefficient (Wildman–Crippen LogP) is 3.76. The fourth-order valence-electron chi connectivity index (χ4n) is 4.17. The minimum absolute atomic E-state index is 0.455. The quantitative estimate of drug-likeness (QED) is 0.473. The third-order valence-corrected chi connectivity index (χ3v) is 6.04. The highest BCUT2D eigenvalue weighted by molar-refractivity contribution is 7.80. The number of allylic oxidation sites excluding steroid dienone is 2. The lowest BCUT2D eigenvalue weighted by atomic mass is 9.49. The first-order valence-electron chi connectivity index (χ1n) is 8.37. The topological polar surface area (TPSA) is 36.4 Å². The Labute approximate surface area is 133 Å². The van der Waals surface area contributed by atoms with Crippen molar-refractivity contribution in [2.45, 2.75) is 64.8 Å². The smallest absolute Gasteiger partial charge is 0.187 e. The summed E-state index contributed by atoms with van der Waals surface area (Å²) in [4.78, 5) is 0. The molecule has 2 fully saturated rings. The van der Waals surface area contributed by atoms with Gasteiger partial charge in [-0.1, -0.05) is 39.2 Å². The van der Waals surface area contributed by atoms with Crippen molar-refractivity contribution in [2.75, 3.05) is 0 Å². The van der Waals surface area contributed by atoms with Gasteiger partial charge in [-0.25, -0.2) is 0 Å². The van der Waals surface area contributed by atoms with Gasteiger partial charge in [0.25, 0.3) is 0 Å². The second-order valence-corrected chi connectivity index (χ2v) is 7.83.